The van der Waals surface area contributed by atoms with E-state index in [0.29, 0.717) is 17.1 Å². The maximum Gasteiger partial charge on any atom is 0.163 e. The zero-order chi connectivity index (χ0) is 19.4. The number of fused-ring (bicyclic) bond motifs is 1. The molecule has 0 saturated heterocycles. The molecule has 2 aromatic carbocycles. The summed E-state index contributed by atoms with van der Waals surface area (Å²) in [5.74, 6) is 0.475. The third kappa shape index (κ3) is 4.30. The number of hydrogen-bond acceptors (Lipinski definition) is 6. The van der Waals surface area contributed by atoms with E-state index in [-0.39, 0.29) is 23.9 Å². The van der Waals surface area contributed by atoms with Crippen molar-refractivity contribution in [3.05, 3.63) is 65.8 Å². The van der Waals surface area contributed by atoms with Gasteiger partial charge in [0, 0.05) is 5.56 Å². The molecule has 140 valence electrons. The smallest absolute Gasteiger partial charge is 0.163 e. The van der Waals surface area contributed by atoms with Crippen LogP contribution in [0.25, 0.3) is 6.08 Å². The van der Waals surface area contributed by atoms with Gasteiger partial charge in [-0.15, -0.1) is 0 Å². The number of phenols is 2. The van der Waals surface area contributed by atoms with Crippen LogP contribution in [0.2, 0.25) is 0 Å². The highest BCUT2D eigenvalue weighted by Gasteiger charge is 2.33. The molecule has 27 heavy (non-hydrogen) atoms. The molecule has 2 aromatic rings. The molecule has 1 heterocycles. The van der Waals surface area contributed by atoms with Crippen molar-refractivity contribution in [1.82, 2.24) is 0 Å². The highest BCUT2D eigenvalue weighted by molar-refractivity contribution is 5.87. The molecular weight excluding hydrogens is 348 g/mol. The Labute approximate surface area is 156 Å². The quantitative estimate of drug-likeness (QED) is 0.426. The number of carbonyl (C=O) groups is 1. The van der Waals surface area contributed by atoms with Gasteiger partial charge < -0.3 is 24.8 Å². The summed E-state index contributed by atoms with van der Waals surface area (Å²) in [7, 11) is 0. The number of phenolic OH excluding ortho intramolecular Hbond substituents is 2. The van der Waals surface area contributed by atoms with Crippen LogP contribution < -0.4 is 9.47 Å². The number of hydrogen-bond donors (Lipinski definition) is 3. The molecule has 1 aliphatic heterocycles. The lowest BCUT2D eigenvalue weighted by Gasteiger charge is -2.33. The number of aliphatic hydroxyl groups is 1. The average molecular weight is 368 g/mol. The monoisotopic (exact) mass is 368 g/mol. The standard InChI is InChI=1S/C21H20O6/c1-13(23)4-2-3-5-14-6-9-18-19(10-14)26-20(12-22)21(27-18)15-7-8-16(24)17(25)11-15/h2-11,20-22,24-25H,12H2,1H3/b4-2+,5-3+/t20-,21+/m1/s1. The number of rotatable bonds is 5. The number of carbonyl (C=O) groups excluding carboxylic acids is 1. The van der Waals surface area contributed by atoms with Gasteiger partial charge in [0.15, 0.2) is 41.0 Å². The maximum absolute atomic E-state index is 10.9. The Bertz CT molecular complexity index is 900. The summed E-state index contributed by atoms with van der Waals surface area (Å²) in [4.78, 5) is 10.9. The van der Waals surface area contributed by atoms with Gasteiger partial charge in [0.25, 0.3) is 0 Å². The SMILES string of the molecule is CC(=O)/C=C/C=C/c1ccc2c(c1)O[C@H](CO)[C@H](c1ccc(O)c(O)c1)O2. The lowest BCUT2D eigenvalue weighted by atomic mass is 10.0. The van der Waals surface area contributed by atoms with E-state index in [1.165, 1.54) is 25.1 Å². The van der Waals surface area contributed by atoms with E-state index < -0.39 is 12.2 Å². The number of benzene rings is 2. The predicted molar refractivity (Wildman–Crippen MR) is 99.9 cm³/mol. The largest absolute Gasteiger partial charge is 0.504 e. The first-order valence-electron chi connectivity index (χ1n) is 8.43. The zero-order valence-electron chi connectivity index (χ0n) is 14.7. The van der Waals surface area contributed by atoms with Crippen molar-refractivity contribution >= 4 is 11.9 Å². The first-order chi connectivity index (χ1) is 13.0. The Kier molecular flexibility index (Phi) is 5.47. The zero-order valence-corrected chi connectivity index (χ0v) is 14.7. The molecule has 2 atom stereocenters. The summed E-state index contributed by atoms with van der Waals surface area (Å²) in [5, 5.41) is 28.9. The van der Waals surface area contributed by atoms with Gasteiger partial charge in [0.05, 0.1) is 6.61 Å². The van der Waals surface area contributed by atoms with Gasteiger partial charge in [-0.2, -0.15) is 0 Å². The topological polar surface area (TPSA) is 96.2 Å². The fourth-order valence-corrected chi connectivity index (χ4v) is 2.75. The molecule has 3 N–H and O–H groups in total. The summed E-state index contributed by atoms with van der Waals surface area (Å²) < 4.78 is 11.8. The summed E-state index contributed by atoms with van der Waals surface area (Å²) in [5.41, 5.74) is 1.43. The Morgan fingerprint density at radius 3 is 2.56 bits per heavy atom. The Hall–Kier alpha value is -3.25. The van der Waals surface area contributed by atoms with Crippen LogP contribution in [0.4, 0.5) is 0 Å². The number of aliphatic hydroxyl groups excluding tert-OH is 1. The van der Waals surface area contributed by atoms with Crippen LogP contribution in [0.3, 0.4) is 0 Å². The minimum Gasteiger partial charge on any atom is -0.504 e. The van der Waals surface area contributed by atoms with Gasteiger partial charge in [-0.25, -0.2) is 0 Å². The number of ketones is 1. The van der Waals surface area contributed by atoms with Gasteiger partial charge in [-0.3, -0.25) is 4.79 Å². The molecule has 0 aliphatic carbocycles. The van der Waals surface area contributed by atoms with Crippen LogP contribution in [0.15, 0.2) is 54.6 Å². The van der Waals surface area contributed by atoms with E-state index >= 15 is 0 Å². The normalized spacial score (nSPS) is 18.9. The molecule has 0 fully saturated rings. The minimum atomic E-state index is -0.668. The van der Waals surface area contributed by atoms with Crippen molar-refractivity contribution in [2.24, 2.45) is 0 Å². The predicted octanol–water partition coefficient (Wildman–Crippen LogP) is 3.13. The fourth-order valence-electron chi connectivity index (χ4n) is 2.75. The van der Waals surface area contributed by atoms with E-state index in [0.717, 1.165) is 5.56 Å². The van der Waals surface area contributed by atoms with Crippen molar-refractivity contribution < 1.29 is 29.6 Å². The first kappa shape index (κ1) is 18.5. The van der Waals surface area contributed by atoms with Crippen LogP contribution in [-0.2, 0) is 4.79 Å². The van der Waals surface area contributed by atoms with E-state index in [2.05, 4.69) is 0 Å². The van der Waals surface area contributed by atoms with Crippen molar-refractivity contribution in [2.45, 2.75) is 19.1 Å². The molecule has 6 nitrogen and oxygen atoms in total. The van der Waals surface area contributed by atoms with Gasteiger partial charge >= 0.3 is 0 Å². The second-order valence-corrected chi connectivity index (χ2v) is 6.16. The third-order valence-electron chi connectivity index (χ3n) is 4.08. The lowest BCUT2D eigenvalue weighted by Crippen LogP contribution is -2.36. The van der Waals surface area contributed by atoms with Crippen molar-refractivity contribution in [2.75, 3.05) is 6.61 Å². The van der Waals surface area contributed by atoms with Crippen LogP contribution >= 0.6 is 0 Å². The van der Waals surface area contributed by atoms with Gasteiger partial charge in [-0.05, 0) is 42.8 Å². The molecular formula is C21H20O6. The minimum absolute atomic E-state index is 0.0288. The van der Waals surface area contributed by atoms with Gasteiger partial charge in [-0.1, -0.05) is 30.4 Å². The second kappa shape index (κ2) is 7.97. The van der Waals surface area contributed by atoms with Crippen molar-refractivity contribution in [1.29, 1.82) is 0 Å². The third-order valence-corrected chi connectivity index (χ3v) is 4.08. The first-order valence-corrected chi connectivity index (χ1v) is 8.43. The fraction of sp³-hybridized carbons (Fsp3) is 0.190. The van der Waals surface area contributed by atoms with Gasteiger partial charge in [0.1, 0.15) is 0 Å². The van der Waals surface area contributed by atoms with Crippen LogP contribution in [0.5, 0.6) is 23.0 Å². The van der Waals surface area contributed by atoms with E-state index in [4.69, 9.17) is 9.47 Å². The number of aromatic hydroxyl groups is 2. The Morgan fingerprint density at radius 2 is 1.85 bits per heavy atom. The van der Waals surface area contributed by atoms with Crippen molar-refractivity contribution in [3.63, 3.8) is 0 Å². The molecule has 0 unspecified atom stereocenters. The van der Waals surface area contributed by atoms with E-state index in [1.807, 2.05) is 12.1 Å². The Balaban J connectivity index is 1.84. The molecule has 0 amide bonds. The average Bonchev–Trinajstić information content (AvgIpc) is 2.66. The number of allylic oxidation sites excluding steroid dienone is 3. The molecule has 0 bridgehead atoms. The molecule has 3 rings (SSSR count). The van der Waals surface area contributed by atoms with Crippen molar-refractivity contribution in [3.8, 4) is 23.0 Å². The van der Waals surface area contributed by atoms with E-state index in [9.17, 15) is 20.1 Å². The summed E-state index contributed by atoms with van der Waals surface area (Å²) in [6.45, 7) is 1.20. The molecule has 1 aliphatic rings. The van der Waals surface area contributed by atoms with Crippen LogP contribution in [-0.4, -0.2) is 33.8 Å². The molecule has 0 radical (unpaired) electrons. The molecule has 0 spiro atoms. The summed E-state index contributed by atoms with van der Waals surface area (Å²) in [6, 6.07) is 9.72. The second-order valence-electron chi connectivity index (χ2n) is 6.16. The summed E-state index contributed by atoms with van der Waals surface area (Å²) in [6.07, 6.45) is 5.39. The highest BCUT2D eigenvalue weighted by Crippen LogP contribution is 2.41. The lowest BCUT2D eigenvalue weighted by molar-refractivity contribution is -0.112. The van der Waals surface area contributed by atoms with Crippen LogP contribution in [0, 0.1) is 0 Å². The highest BCUT2D eigenvalue weighted by atomic mass is 16.6. The van der Waals surface area contributed by atoms with E-state index in [1.54, 1.807) is 30.4 Å². The Morgan fingerprint density at radius 1 is 1.04 bits per heavy atom. The van der Waals surface area contributed by atoms with Gasteiger partial charge in [0.2, 0.25) is 0 Å². The molecule has 0 aromatic heterocycles. The number of ether oxygens (including phenoxy) is 2. The van der Waals surface area contributed by atoms with Crippen LogP contribution in [0.1, 0.15) is 24.2 Å². The molecule has 6 heteroatoms. The molecule has 0 saturated carbocycles. The summed E-state index contributed by atoms with van der Waals surface area (Å²) >= 11 is 0. The maximum atomic E-state index is 10.9.